The topological polar surface area (TPSA) is 117 Å². The second-order valence-corrected chi connectivity index (χ2v) is 7.32. The summed E-state index contributed by atoms with van der Waals surface area (Å²) in [6.45, 7) is 4.11. The molecule has 1 saturated heterocycles. The largest absolute Gasteiger partial charge is 0.548 e. The quantitative estimate of drug-likeness (QED) is 0.675. The normalized spacial score (nSPS) is 16.8. The molecule has 2 aromatic carbocycles. The van der Waals surface area contributed by atoms with Gasteiger partial charge in [-0.1, -0.05) is 60.7 Å². The molecular weight excluding hydrogens is 370 g/mol. The van der Waals surface area contributed by atoms with E-state index in [4.69, 9.17) is 0 Å². The molecule has 1 heterocycles. The van der Waals surface area contributed by atoms with Crippen LogP contribution in [0.4, 0.5) is 4.79 Å². The molecule has 29 heavy (non-hydrogen) atoms. The van der Waals surface area contributed by atoms with E-state index in [-0.39, 0.29) is 6.42 Å². The van der Waals surface area contributed by atoms with Gasteiger partial charge in [-0.25, -0.2) is 4.79 Å². The van der Waals surface area contributed by atoms with E-state index in [2.05, 4.69) is 24.9 Å². The number of hydrogen-bond acceptors (Lipinski definition) is 4. The van der Waals surface area contributed by atoms with Crippen LogP contribution in [0.3, 0.4) is 0 Å². The summed E-state index contributed by atoms with van der Waals surface area (Å²) in [5, 5.41) is 14.1. The number of carbonyl (C=O) groups excluding carboxylic acids is 3. The van der Waals surface area contributed by atoms with E-state index < -0.39 is 30.0 Å². The van der Waals surface area contributed by atoms with Crippen LogP contribution in [-0.4, -0.2) is 40.9 Å². The first-order valence-corrected chi connectivity index (χ1v) is 9.55. The molecule has 0 aromatic heterocycles. The lowest BCUT2D eigenvalue weighted by atomic mass is 10.0. The van der Waals surface area contributed by atoms with Crippen LogP contribution in [0.2, 0.25) is 0 Å². The molecule has 1 fully saturated rings. The number of nitrogens with one attached hydrogen (secondary N) is 1. The Labute approximate surface area is 170 Å². The number of benzene rings is 2. The minimum Gasteiger partial charge on any atom is -0.548 e. The number of nitrogens with zero attached hydrogens (tertiary/aromatic N) is 1. The first-order chi connectivity index (χ1) is 13.8. The van der Waals surface area contributed by atoms with Gasteiger partial charge in [0.2, 0.25) is 0 Å². The highest BCUT2D eigenvalue weighted by Gasteiger charge is 2.42. The third-order valence-corrected chi connectivity index (χ3v) is 4.19. The van der Waals surface area contributed by atoms with Crippen molar-refractivity contribution < 1.29 is 25.2 Å². The number of quaternary nitrogens is 1. The number of aliphatic carboxylic acids is 1. The van der Waals surface area contributed by atoms with Crippen molar-refractivity contribution in [3.63, 3.8) is 0 Å². The molecule has 0 radical (unpaired) electrons. The Balaban J connectivity index is 0.000000687. The Bertz CT molecular complexity index is 822. The number of carboxylic acid groups (broad SMARTS) is 1. The van der Waals surface area contributed by atoms with E-state index in [1.807, 2.05) is 30.3 Å². The van der Waals surface area contributed by atoms with E-state index in [1.165, 1.54) is 0 Å². The summed E-state index contributed by atoms with van der Waals surface area (Å²) in [4.78, 5) is 37.2. The SMILES string of the molecule is CC(C)[NH3+].O=C([O-])C(Cc1ccccc1)N1C(=O)NC(Cc2ccccc2)C1=O. The Kier molecular flexibility index (Phi) is 7.91. The second kappa shape index (κ2) is 10.4. The van der Waals surface area contributed by atoms with Crippen molar-refractivity contribution >= 4 is 17.9 Å². The first-order valence-electron chi connectivity index (χ1n) is 9.55. The monoisotopic (exact) mass is 397 g/mol. The highest BCUT2D eigenvalue weighted by molar-refractivity contribution is 6.06. The fourth-order valence-electron chi connectivity index (χ4n) is 2.95. The van der Waals surface area contributed by atoms with Gasteiger partial charge in [-0.2, -0.15) is 0 Å². The maximum Gasteiger partial charge on any atom is 0.325 e. The summed E-state index contributed by atoms with van der Waals surface area (Å²) in [5.74, 6) is -1.99. The van der Waals surface area contributed by atoms with Crippen LogP contribution in [0, 0.1) is 0 Å². The van der Waals surface area contributed by atoms with E-state index in [1.54, 1.807) is 30.3 Å². The number of carbonyl (C=O) groups is 3. The van der Waals surface area contributed by atoms with Gasteiger partial charge in [0.25, 0.3) is 5.91 Å². The van der Waals surface area contributed by atoms with Crippen LogP contribution < -0.4 is 16.2 Å². The molecular formula is C22H27N3O4. The summed E-state index contributed by atoms with van der Waals surface area (Å²) < 4.78 is 0. The number of imide groups is 1. The molecule has 2 aromatic rings. The number of carboxylic acids is 1. The van der Waals surface area contributed by atoms with E-state index in [9.17, 15) is 19.5 Å². The van der Waals surface area contributed by atoms with Gasteiger partial charge in [0.05, 0.1) is 18.1 Å². The van der Waals surface area contributed by atoms with Crippen LogP contribution in [0.15, 0.2) is 60.7 Å². The minimum atomic E-state index is -1.45. The highest BCUT2D eigenvalue weighted by atomic mass is 16.4. The van der Waals surface area contributed by atoms with Crippen LogP contribution in [-0.2, 0) is 22.4 Å². The number of amides is 3. The fraction of sp³-hybridized carbons (Fsp3) is 0.318. The third kappa shape index (κ3) is 6.43. The van der Waals surface area contributed by atoms with Crippen molar-refractivity contribution in [1.82, 2.24) is 10.2 Å². The molecule has 3 rings (SSSR count). The first kappa shape index (κ1) is 22.1. The molecule has 7 heteroatoms. The minimum absolute atomic E-state index is 0.0143. The van der Waals surface area contributed by atoms with E-state index in [0.717, 1.165) is 10.5 Å². The Morgan fingerprint density at radius 1 is 1.03 bits per heavy atom. The number of urea groups is 1. The fourth-order valence-corrected chi connectivity index (χ4v) is 2.95. The van der Waals surface area contributed by atoms with Gasteiger partial charge in [-0.15, -0.1) is 0 Å². The van der Waals surface area contributed by atoms with Crippen molar-refractivity contribution in [2.75, 3.05) is 0 Å². The van der Waals surface area contributed by atoms with Crippen molar-refractivity contribution in [2.45, 2.75) is 44.8 Å². The van der Waals surface area contributed by atoms with Crippen molar-refractivity contribution in [3.8, 4) is 0 Å². The predicted molar refractivity (Wildman–Crippen MR) is 106 cm³/mol. The summed E-state index contributed by atoms with van der Waals surface area (Å²) in [7, 11) is 0. The molecule has 154 valence electrons. The molecule has 4 N–H and O–H groups in total. The van der Waals surface area contributed by atoms with Gasteiger partial charge >= 0.3 is 6.03 Å². The van der Waals surface area contributed by atoms with Crippen LogP contribution >= 0.6 is 0 Å². The summed E-state index contributed by atoms with van der Waals surface area (Å²) >= 11 is 0. The zero-order valence-corrected chi connectivity index (χ0v) is 16.7. The standard InChI is InChI=1S/C19H18N2O4.C3H9N/c22-17-15(11-13-7-3-1-4-8-13)20-19(25)21(17)16(18(23)24)12-14-9-5-2-6-10-14;1-3(2)4/h1-10,15-16H,11-12H2,(H,20,25)(H,23,24);3H,4H2,1-2H3. The maximum absolute atomic E-state index is 12.6. The summed E-state index contributed by atoms with van der Waals surface area (Å²) in [5.41, 5.74) is 5.24. The van der Waals surface area contributed by atoms with Crippen LogP contribution in [0.1, 0.15) is 25.0 Å². The van der Waals surface area contributed by atoms with E-state index in [0.29, 0.717) is 18.0 Å². The Morgan fingerprint density at radius 3 is 2.00 bits per heavy atom. The predicted octanol–water partition coefficient (Wildman–Crippen LogP) is 0.147. The van der Waals surface area contributed by atoms with E-state index >= 15 is 0 Å². The Hall–Kier alpha value is -3.19. The van der Waals surface area contributed by atoms with Crippen LogP contribution in [0.5, 0.6) is 0 Å². The summed E-state index contributed by atoms with van der Waals surface area (Å²) in [6, 6.07) is 15.9. The molecule has 0 saturated carbocycles. The highest BCUT2D eigenvalue weighted by Crippen LogP contribution is 2.17. The zero-order valence-electron chi connectivity index (χ0n) is 16.7. The Morgan fingerprint density at radius 2 is 1.52 bits per heavy atom. The molecule has 1 aliphatic heterocycles. The average Bonchev–Trinajstić information content (AvgIpc) is 2.94. The lowest BCUT2D eigenvalue weighted by Crippen LogP contribution is -2.57. The van der Waals surface area contributed by atoms with Crippen molar-refractivity contribution in [1.29, 1.82) is 0 Å². The van der Waals surface area contributed by atoms with Gasteiger partial charge in [-0.05, 0) is 31.4 Å². The molecule has 2 unspecified atom stereocenters. The van der Waals surface area contributed by atoms with Gasteiger partial charge in [0.15, 0.2) is 0 Å². The van der Waals surface area contributed by atoms with Crippen molar-refractivity contribution in [2.24, 2.45) is 0 Å². The van der Waals surface area contributed by atoms with Gasteiger partial charge in [0, 0.05) is 6.42 Å². The van der Waals surface area contributed by atoms with Gasteiger partial charge in [-0.3, -0.25) is 9.69 Å². The average molecular weight is 397 g/mol. The molecule has 0 spiro atoms. The summed E-state index contributed by atoms with van der Waals surface area (Å²) in [6.07, 6.45) is 0.327. The molecule has 0 aliphatic carbocycles. The molecule has 1 aliphatic rings. The van der Waals surface area contributed by atoms with Gasteiger partial charge in [0.1, 0.15) is 6.04 Å². The second-order valence-electron chi connectivity index (χ2n) is 7.32. The molecule has 0 bridgehead atoms. The lowest BCUT2D eigenvalue weighted by Gasteiger charge is -2.26. The number of hydrogen-bond donors (Lipinski definition) is 2. The molecule has 7 nitrogen and oxygen atoms in total. The molecule has 3 amide bonds. The number of rotatable bonds is 6. The van der Waals surface area contributed by atoms with Crippen molar-refractivity contribution in [3.05, 3.63) is 71.8 Å². The van der Waals surface area contributed by atoms with Gasteiger partial charge < -0.3 is 21.0 Å². The van der Waals surface area contributed by atoms with Crippen LogP contribution in [0.25, 0.3) is 0 Å². The molecule has 2 atom stereocenters. The lowest BCUT2D eigenvalue weighted by molar-refractivity contribution is -0.407. The maximum atomic E-state index is 12.6. The smallest absolute Gasteiger partial charge is 0.325 e. The third-order valence-electron chi connectivity index (χ3n) is 4.19. The zero-order chi connectivity index (χ0) is 21.4.